The Bertz CT molecular complexity index is 684. The number of amides is 2. The number of hydrogen-bond donors (Lipinski definition) is 4. The average Bonchev–Trinajstić information content (AvgIpc) is 2.71. The van der Waals surface area contributed by atoms with E-state index in [1.165, 1.54) is 32.1 Å². The number of hydrogen-bond acceptors (Lipinski definition) is 5. The van der Waals surface area contributed by atoms with Crippen LogP contribution in [-0.2, 0) is 4.79 Å². The lowest BCUT2D eigenvalue weighted by Gasteiger charge is -2.32. The summed E-state index contributed by atoms with van der Waals surface area (Å²) in [4.78, 5) is 26.4. The van der Waals surface area contributed by atoms with Crippen LogP contribution in [0.4, 0.5) is 0 Å². The van der Waals surface area contributed by atoms with Gasteiger partial charge in [0.1, 0.15) is 0 Å². The van der Waals surface area contributed by atoms with Crippen LogP contribution in [0, 0.1) is 5.92 Å². The van der Waals surface area contributed by atoms with Gasteiger partial charge in [-0.2, -0.15) is 0 Å². The molecule has 28 heavy (non-hydrogen) atoms. The fourth-order valence-electron chi connectivity index (χ4n) is 4.25. The van der Waals surface area contributed by atoms with E-state index in [9.17, 15) is 24.9 Å². The molecular weight excluding hydrogens is 360 g/mol. The van der Waals surface area contributed by atoms with Crippen LogP contribution in [-0.4, -0.2) is 51.2 Å². The summed E-state index contributed by atoms with van der Waals surface area (Å²) in [7, 11) is 0. The second kappa shape index (κ2) is 9.17. The molecule has 1 aliphatic carbocycles. The van der Waals surface area contributed by atoms with Crippen LogP contribution in [0.25, 0.3) is 0 Å². The van der Waals surface area contributed by atoms with E-state index in [0.29, 0.717) is 38.3 Å². The van der Waals surface area contributed by atoms with Crippen LogP contribution >= 0.6 is 0 Å². The maximum atomic E-state index is 12.6. The molecule has 4 N–H and O–H groups in total. The molecule has 7 nitrogen and oxygen atoms in total. The summed E-state index contributed by atoms with van der Waals surface area (Å²) in [5.74, 6) is -1.20. The summed E-state index contributed by atoms with van der Waals surface area (Å²) in [5, 5.41) is 31.7. The van der Waals surface area contributed by atoms with Crippen LogP contribution in [0.2, 0.25) is 0 Å². The standard InChI is InChI=1S/C21H30N2O5/c24-17-12-15(13-18(25)20(17)27)21(28)23-10-8-16(9-11-23)22-19(26)7-6-14-4-2-1-3-5-14/h12-14,16,24-25,27H,1-11H2,(H,22,26). The van der Waals surface area contributed by atoms with E-state index in [4.69, 9.17) is 0 Å². The van der Waals surface area contributed by atoms with Crippen LogP contribution < -0.4 is 5.32 Å². The van der Waals surface area contributed by atoms with Crippen LogP contribution in [0.3, 0.4) is 0 Å². The molecule has 0 unspecified atom stereocenters. The Morgan fingerprint density at radius 2 is 1.57 bits per heavy atom. The lowest BCUT2D eigenvalue weighted by molar-refractivity contribution is -0.122. The smallest absolute Gasteiger partial charge is 0.254 e. The molecule has 0 spiro atoms. The van der Waals surface area contributed by atoms with Gasteiger partial charge in [0, 0.05) is 31.1 Å². The van der Waals surface area contributed by atoms with E-state index in [2.05, 4.69) is 5.32 Å². The van der Waals surface area contributed by atoms with Gasteiger partial charge < -0.3 is 25.5 Å². The van der Waals surface area contributed by atoms with Crippen molar-refractivity contribution in [3.63, 3.8) is 0 Å². The van der Waals surface area contributed by atoms with Gasteiger partial charge in [0.15, 0.2) is 17.2 Å². The van der Waals surface area contributed by atoms with Crippen molar-refractivity contribution >= 4 is 11.8 Å². The fraction of sp³-hybridized carbons (Fsp3) is 0.619. The molecule has 1 aromatic carbocycles. The molecular formula is C21H30N2O5. The number of nitrogens with zero attached hydrogens (tertiary/aromatic N) is 1. The summed E-state index contributed by atoms with van der Waals surface area (Å²) < 4.78 is 0. The number of benzene rings is 1. The van der Waals surface area contributed by atoms with Gasteiger partial charge >= 0.3 is 0 Å². The molecule has 2 fully saturated rings. The first-order valence-electron chi connectivity index (χ1n) is 10.3. The molecule has 1 heterocycles. The van der Waals surface area contributed by atoms with Crippen molar-refractivity contribution in [3.05, 3.63) is 17.7 Å². The number of phenols is 3. The van der Waals surface area contributed by atoms with Gasteiger partial charge in [-0.05, 0) is 37.3 Å². The normalized spacial score (nSPS) is 18.8. The zero-order valence-electron chi connectivity index (χ0n) is 16.2. The molecule has 2 aliphatic rings. The van der Waals surface area contributed by atoms with E-state index in [-0.39, 0.29) is 23.4 Å². The summed E-state index contributed by atoms with van der Waals surface area (Å²) in [6.07, 6.45) is 9.29. The first-order valence-corrected chi connectivity index (χ1v) is 10.3. The summed E-state index contributed by atoms with van der Waals surface area (Å²) in [6.45, 7) is 0.990. The van der Waals surface area contributed by atoms with Gasteiger partial charge in [-0.3, -0.25) is 9.59 Å². The molecule has 1 saturated carbocycles. The van der Waals surface area contributed by atoms with Gasteiger partial charge in [0.2, 0.25) is 5.91 Å². The number of carbonyl (C=O) groups excluding carboxylic acids is 2. The Morgan fingerprint density at radius 1 is 0.964 bits per heavy atom. The van der Waals surface area contributed by atoms with Crippen molar-refractivity contribution in [2.75, 3.05) is 13.1 Å². The predicted octanol–water partition coefficient (Wildman–Crippen LogP) is 2.88. The minimum atomic E-state index is -0.633. The van der Waals surface area contributed by atoms with E-state index >= 15 is 0 Å². The number of piperidine rings is 1. The first-order chi connectivity index (χ1) is 13.4. The van der Waals surface area contributed by atoms with Crippen LogP contribution in [0.5, 0.6) is 17.2 Å². The molecule has 0 radical (unpaired) electrons. The Hall–Kier alpha value is -2.44. The Morgan fingerprint density at radius 3 is 2.18 bits per heavy atom. The van der Waals surface area contributed by atoms with E-state index in [1.807, 2.05) is 0 Å². The lowest BCUT2D eigenvalue weighted by atomic mass is 9.86. The highest BCUT2D eigenvalue weighted by Gasteiger charge is 2.26. The molecule has 2 amide bonds. The van der Waals surface area contributed by atoms with Crippen LogP contribution in [0.15, 0.2) is 12.1 Å². The largest absolute Gasteiger partial charge is 0.504 e. The summed E-state index contributed by atoms with van der Waals surface area (Å²) in [5.41, 5.74) is 0.128. The number of phenolic OH excluding ortho intramolecular Hbond substituents is 3. The van der Waals surface area contributed by atoms with E-state index in [0.717, 1.165) is 18.6 Å². The van der Waals surface area contributed by atoms with E-state index in [1.54, 1.807) is 4.90 Å². The number of carbonyl (C=O) groups is 2. The van der Waals surface area contributed by atoms with Gasteiger partial charge in [-0.25, -0.2) is 0 Å². The highest BCUT2D eigenvalue weighted by atomic mass is 16.3. The number of nitrogens with one attached hydrogen (secondary N) is 1. The van der Waals surface area contributed by atoms with Gasteiger partial charge in [0.05, 0.1) is 0 Å². The third-order valence-electron chi connectivity index (χ3n) is 5.97. The quantitative estimate of drug-likeness (QED) is 0.578. The number of rotatable bonds is 5. The Labute approximate surface area is 165 Å². The molecule has 0 atom stereocenters. The second-order valence-corrected chi connectivity index (χ2v) is 8.04. The lowest BCUT2D eigenvalue weighted by Crippen LogP contribution is -2.46. The Balaban J connectivity index is 1.43. The molecule has 1 aromatic rings. The number of aromatic hydroxyl groups is 3. The van der Waals surface area contributed by atoms with Crippen molar-refractivity contribution in [3.8, 4) is 17.2 Å². The monoisotopic (exact) mass is 390 g/mol. The Kier molecular flexibility index (Phi) is 6.65. The third-order valence-corrected chi connectivity index (χ3v) is 5.97. The molecule has 0 aromatic heterocycles. The zero-order valence-corrected chi connectivity index (χ0v) is 16.2. The van der Waals surface area contributed by atoms with Crippen molar-refractivity contribution < 1.29 is 24.9 Å². The average molecular weight is 390 g/mol. The van der Waals surface area contributed by atoms with E-state index < -0.39 is 17.2 Å². The predicted molar refractivity (Wildman–Crippen MR) is 104 cm³/mol. The molecule has 1 aliphatic heterocycles. The zero-order chi connectivity index (χ0) is 20.1. The van der Waals surface area contributed by atoms with Crippen molar-refractivity contribution in [2.24, 2.45) is 5.92 Å². The summed E-state index contributed by atoms with van der Waals surface area (Å²) in [6, 6.07) is 2.37. The highest BCUT2D eigenvalue weighted by molar-refractivity contribution is 5.95. The van der Waals surface area contributed by atoms with Gasteiger partial charge in [-0.15, -0.1) is 0 Å². The number of likely N-dealkylation sites (tertiary alicyclic amines) is 1. The van der Waals surface area contributed by atoms with Gasteiger partial charge in [0.25, 0.3) is 5.91 Å². The highest BCUT2D eigenvalue weighted by Crippen LogP contribution is 2.35. The fourth-order valence-corrected chi connectivity index (χ4v) is 4.25. The third kappa shape index (κ3) is 5.09. The minimum absolute atomic E-state index is 0.0736. The summed E-state index contributed by atoms with van der Waals surface area (Å²) >= 11 is 0. The van der Waals surface area contributed by atoms with Crippen LogP contribution in [0.1, 0.15) is 68.1 Å². The molecule has 3 rings (SSSR count). The maximum absolute atomic E-state index is 12.6. The SMILES string of the molecule is O=C(CCC1CCCCC1)NC1CCN(C(=O)c2cc(O)c(O)c(O)c2)CC1. The topological polar surface area (TPSA) is 110 Å². The van der Waals surface area contributed by atoms with Crippen molar-refractivity contribution in [1.82, 2.24) is 10.2 Å². The minimum Gasteiger partial charge on any atom is -0.504 e. The van der Waals surface area contributed by atoms with Crippen molar-refractivity contribution in [2.45, 2.75) is 63.8 Å². The maximum Gasteiger partial charge on any atom is 0.254 e. The second-order valence-electron chi connectivity index (χ2n) is 8.04. The molecule has 0 bridgehead atoms. The molecule has 7 heteroatoms. The van der Waals surface area contributed by atoms with Crippen molar-refractivity contribution in [1.29, 1.82) is 0 Å². The first kappa shape index (κ1) is 20.3. The molecule has 1 saturated heterocycles. The van der Waals surface area contributed by atoms with Gasteiger partial charge in [-0.1, -0.05) is 32.1 Å². The molecule has 154 valence electrons.